The molecule has 0 spiro atoms. The summed E-state index contributed by atoms with van der Waals surface area (Å²) in [5, 5.41) is 2.72. The van der Waals surface area contributed by atoms with Crippen molar-refractivity contribution in [1.82, 2.24) is 10.0 Å². The summed E-state index contributed by atoms with van der Waals surface area (Å²) in [5.41, 5.74) is 0. The van der Waals surface area contributed by atoms with Gasteiger partial charge < -0.3 is 14.8 Å². The third kappa shape index (κ3) is 3.76. The predicted octanol–water partition coefficient (Wildman–Crippen LogP) is 0.795. The highest BCUT2D eigenvalue weighted by molar-refractivity contribution is 7.89. The van der Waals surface area contributed by atoms with Gasteiger partial charge in [0.15, 0.2) is 11.5 Å². The third-order valence-corrected chi connectivity index (χ3v) is 5.33. The highest BCUT2D eigenvalue weighted by Crippen LogP contribution is 2.32. The Hall–Kier alpha value is -1.80. The molecule has 2 aliphatic heterocycles. The van der Waals surface area contributed by atoms with Crippen molar-refractivity contribution in [2.24, 2.45) is 0 Å². The van der Waals surface area contributed by atoms with E-state index >= 15 is 0 Å². The minimum Gasteiger partial charge on any atom is -0.490 e. The van der Waals surface area contributed by atoms with Gasteiger partial charge in [0, 0.05) is 19.0 Å². The van der Waals surface area contributed by atoms with Crippen LogP contribution < -0.4 is 19.5 Å². The average Bonchev–Trinajstić information content (AvgIpc) is 2.87. The van der Waals surface area contributed by atoms with Gasteiger partial charge in [-0.1, -0.05) is 0 Å². The lowest BCUT2D eigenvalue weighted by Crippen LogP contribution is -2.45. The van der Waals surface area contributed by atoms with Gasteiger partial charge in [-0.2, -0.15) is 4.72 Å². The number of hydrogen-bond donors (Lipinski definition) is 2. The molecule has 8 heteroatoms. The molecule has 2 N–H and O–H groups in total. The molecule has 1 fully saturated rings. The Morgan fingerprint density at radius 2 is 1.87 bits per heavy atom. The Morgan fingerprint density at radius 3 is 2.70 bits per heavy atom. The van der Waals surface area contributed by atoms with Crippen LogP contribution >= 0.6 is 0 Å². The minimum atomic E-state index is -3.80. The fraction of sp³-hybridized carbons (Fsp3) is 0.533. The Morgan fingerprint density at radius 1 is 1.09 bits per heavy atom. The number of sulfonamides is 1. The van der Waals surface area contributed by atoms with Crippen LogP contribution in [-0.2, 0) is 14.8 Å². The van der Waals surface area contributed by atoms with Crippen LogP contribution in [0, 0.1) is 0 Å². The number of rotatable bonds is 3. The molecule has 1 aromatic rings. The second-order valence-electron chi connectivity index (χ2n) is 5.62. The minimum absolute atomic E-state index is 0.0683. The van der Waals surface area contributed by atoms with Gasteiger partial charge in [-0.25, -0.2) is 8.42 Å². The fourth-order valence-electron chi connectivity index (χ4n) is 2.62. The molecule has 1 saturated heterocycles. The summed E-state index contributed by atoms with van der Waals surface area (Å²) in [4.78, 5) is 12.0. The Labute approximate surface area is 135 Å². The number of nitrogens with one attached hydrogen (secondary N) is 2. The molecule has 0 unspecified atom stereocenters. The van der Waals surface area contributed by atoms with Crippen molar-refractivity contribution in [3.05, 3.63) is 18.2 Å². The van der Waals surface area contributed by atoms with Crippen LogP contribution in [0.4, 0.5) is 0 Å². The van der Waals surface area contributed by atoms with Crippen LogP contribution in [0.15, 0.2) is 23.1 Å². The highest BCUT2D eigenvalue weighted by atomic mass is 32.2. The summed E-state index contributed by atoms with van der Waals surface area (Å²) in [6, 6.07) is 3.75. The molecule has 7 nitrogen and oxygen atoms in total. The summed E-state index contributed by atoms with van der Waals surface area (Å²) in [5.74, 6) is 0.671. The molecule has 0 bridgehead atoms. The Balaban J connectivity index is 1.81. The first-order valence-electron chi connectivity index (χ1n) is 7.76. The van der Waals surface area contributed by atoms with Gasteiger partial charge in [0.05, 0.1) is 18.1 Å². The van der Waals surface area contributed by atoms with E-state index in [0.717, 1.165) is 19.3 Å². The van der Waals surface area contributed by atoms with Gasteiger partial charge in [-0.15, -0.1) is 0 Å². The van der Waals surface area contributed by atoms with Crippen molar-refractivity contribution in [3.63, 3.8) is 0 Å². The highest BCUT2D eigenvalue weighted by Gasteiger charge is 2.27. The number of benzene rings is 1. The molecule has 1 amide bonds. The van der Waals surface area contributed by atoms with Crippen LogP contribution in [0.25, 0.3) is 0 Å². The lowest BCUT2D eigenvalue weighted by atomic mass is 10.1. The van der Waals surface area contributed by atoms with Crippen molar-refractivity contribution in [2.75, 3.05) is 19.8 Å². The maximum absolute atomic E-state index is 12.5. The maximum atomic E-state index is 12.5. The SMILES string of the molecule is O=C1NCCCC[C@@H]1NS(=O)(=O)c1ccc2c(c1)OCCCO2. The van der Waals surface area contributed by atoms with E-state index in [2.05, 4.69) is 10.0 Å². The molecule has 0 aromatic heterocycles. The standard InChI is InChI=1S/C15H20N2O5S/c18-15-12(4-1-2-7-16-15)17-23(19,20)11-5-6-13-14(10-11)22-9-3-8-21-13/h5-6,10,12,17H,1-4,7-9H2,(H,16,18)/t12-/m0/s1. The number of hydrogen-bond acceptors (Lipinski definition) is 5. The van der Waals surface area contributed by atoms with Gasteiger partial charge in [0.1, 0.15) is 6.04 Å². The molecule has 2 aliphatic rings. The van der Waals surface area contributed by atoms with Gasteiger partial charge in [0.2, 0.25) is 15.9 Å². The van der Waals surface area contributed by atoms with Crippen LogP contribution in [0.1, 0.15) is 25.7 Å². The summed E-state index contributed by atoms with van der Waals surface area (Å²) in [6.45, 7) is 1.61. The summed E-state index contributed by atoms with van der Waals surface area (Å²) >= 11 is 0. The van der Waals surface area contributed by atoms with Gasteiger partial charge >= 0.3 is 0 Å². The lowest BCUT2D eigenvalue weighted by molar-refractivity contribution is -0.122. The van der Waals surface area contributed by atoms with E-state index < -0.39 is 16.1 Å². The Kier molecular flexibility index (Phi) is 4.72. The molecular formula is C15H20N2O5S. The maximum Gasteiger partial charge on any atom is 0.241 e. The summed E-state index contributed by atoms with van der Waals surface area (Å²) in [6.07, 6.45) is 2.90. The first-order valence-corrected chi connectivity index (χ1v) is 9.24. The lowest BCUT2D eigenvalue weighted by Gasteiger charge is -2.16. The second-order valence-corrected chi connectivity index (χ2v) is 7.33. The van der Waals surface area contributed by atoms with E-state index in [9.17, 15) is 13.2 Å². The zero-order valence-electron chi connectivity index (χ0n) is 12.7. The summed E-state index contributed by atoms with van der Waals surface area (Å²) < 4.78 is 38.6. The molecule has 1 aromatic carbocycles. The van der Waals surface area contributed by atoms with Gasteiger partial charge in [-0.3, -0.25) is 4.79 Å². The predicted molar refractivity (Wildman–Crippen MR) is 83.0 cm³/mol. The Bertz CT molecular complexity index is 689. The molecule has 2 heterocycles. The number of carbonyl (C=O) groups excluding carboxylic acids is 1. The van der Waals surface area contributed by atoms with E-state index in [4.69, 9.17) is 9.47 Å². The number of ether oxygens (including phenoxy) is 2. The van der Waals surface area contributed by atoms with Gasteiger partial charge in [-0.05, 0) is 31.4 Å². The molecule has 0 saturated carbocycles. The van der Waals surface area contributed by atoms with E-state index in [1.807, 2.05) is 0 Å². The largest absolute Gasteiger partial charge is 0.490 e. The van der Waals surface area contributed by atoms with Crippen molar-refractivity contribution < 1.29 is 22.7 Å². The molecule has 0 radical (unpaired) electrons. The monoisotopic (exact) mass is 340 g/mol. The number of fused-ring (bicyclic) bond motifs is 1. The van der Waals surface area contributed by atoms with Crippen molar-refractivity contribution in [2.45, 2.75) is 36.6 Å². The van der Waals surface area contributed by atoms with Crippen molar-refractivity contribution in [3.8, 4) is 11.5 Å². The normalized spacial score (nSPS) is 21.9. The quantitative estimate of drug-likeness (QED) is 0.849. The number of carbonyl (C=O) groups is 1. The second kappa shape index (κ2) is 6.76. The van der Waals surface area contributed by atoms with E-state index in [0.29, 0.717) is 37.7 Å². The van der Waals surface area contributed by atoms with E-state index in [1.165, 1.54) is 12.1 Å². The van der Waals surface area contributed by atoms with Gasteiger partial charge in [0.25, 0.3) is 0 Å². The molecule has 1 atom stereocenters. The van der Waals surface area contributed by atoms with Crippen LogP contribution in [-0.4, -0.2) is 40.1 Å². The molecule has 0 aliphatic carbocycles. The fourth-order valence-corrected chi connectivity index (χ4v) is 3.86. The molecule has 3 rings (SSSR count). The molecule has 126 valence electrons. The number of amides is 1. The topological polar surface area (TPSA) is 93.7 Å². The van der Waals surface area contributed by atoms with Crippen molar-refractivity contribution >= 4 is 15.9 Å². The zero-order chi connectivity index (χ0) is 16.3. The zero-order valence-corrected chi connectivity index (χ0v) is 13.5. The average molecular weight is 340 g/mol. The molecule has 23 heavy (non-hydrogen) atoms. The van der Waals surface area contributed by atoms with E-state index in [1.54, 1.807) is 6.07 Å². The third-order valence-electron chi connectivity index (χ3n) is 3.86. The van der Waals surface area contributed by atoms with Crippen LogP contribution in [0.5, 0.6) is 11.5 Å². The van der Waals surface area contributed by atoms with Crippen LogP contribution in [0.3, 0.4) is 0 Å². The van der Waals surface area contributed by atoms with Crippen molar-refractivity contribution in [1.29, 1.82) is 0 Å². The smallest absolute Gasteiger partial charge is 0.241 e. The summed E-state index contributed by atoms with van der Waals surface area (Å²) in [7, 11) is -3.80. The first kappa shape index (κ1) is 16.1. The first-order chi connectivity index (χ1) is 11.1. The molecular weight excluding hydrogens is 320 g/mol. The van der Waals surface area contributed by atoms with E-state index in [-0.39, 0.29) is 10.8 Å². The van der Waals surface area contributed by atoms with Crippen LogP contribution in [0.2, 0.25) is 0 Å².